The lowest BCUT2D eigenvalue weighted by Gasteiger charge is -2.37. The molecular formula is C33H48N6O3. The number of rotatable bonds is 11. The summed E-state index contributed by atoms with van der Waals surface area (Å²) in [7, 11) is 2.09. The van der Waals surface area contributed by atoms with Gasteiger partial charge in [-0.15, -0.1) is 5.10 Å². The minimum atomic E-state index is -0.117. The van der Waals surface area contributed by atoms with Crippen LogP contribution >= 0.6 is 0 Å². The Morgan fingerprint density at radius 1 is 1.10 bits per heavy atom. The van der Waals surface area contributed by atoms with Gasteiger partial charge in [0.15, 0.2) is 5.69 Å². The van der Waals surface area contributed by atoms with Crippen molar-refractivity contribution in [2.75, 3.05) is 59.5 Å². The number of carbonyl (C=O) groups is 1. The van der Waals surface area contributed by atoms with Gasteiger partial charge in [0, 0.05) is 45.9 Å². The number of carbonyl (C=O) groups excluding carboxylic acids is 1. The van der Waals surface area contributed by atoms with Crippen molar-refractivity contribution in [2.24, 2.45) is 5.92 Å². The maximum Gasteiger partial charge on any atom is 0.228 e. The highest BCUT2D eigenvalue weighted by Crippen LogP contribution is 2.31. The molecule has 2 aromatic rings. The smallest absolute Gasteiger partial charge is 0.228 e. The predicted molar refractivity (Wildman–Crippen MR) is 163 cm³/mol. The normalized spacial score (nSPS) is 24.5. The van der Waals surface area contributed by atoms with Gasteiger partial charge in [-0.2, -0.15) is 0 Å². The molecule has 0 spiro atoms. The van der Waals surface area contributed by atoms with Crippen LogP contribution < -0.4 is 0 Å². The minimum absolute atomic E-state index is 0.0179. The Labute approximate surface area is 251 Å². The number of likely N-dealkylation sites (N-methyl/N-ethyl adjacent to an activating group) is 1. The van der Waals surface area contributed by atoms with Crippen LogP contribution in [0.5, 0.6) is 0 Å². The van der Waals surface area contributed by atoms with Crippen LogP contribution in [0.2, 0.25) is 0 Å². The van der Waals surface area contributed by atoms with Gasteiger partial charge in [-0.3, -0.25) is 14.6 Å². The topological polar surface area (TPSA) is 76.0 Å². The van der Waals surface area contributed by atoms with Gasteiger partial charge in [-0.1, -0.05) is 48.4 Å². The fraction of sp³-hybridized carbons (Fsp3) is 0.667. The molecule has 3 saturated heterocycles. The molecule has 3 fully saturated rings. The molecule has 3 aliphatic heterocycles. The molecule has 228 valence electrons. The predicted octanol–water partition coefficient (Wildman–Crippen LogP) is 3.26. The van der Waals surface area contributed by atoms with Crippen LogP contribution in [0.3, 0.4) is 0 Å². The molecule has 0 radical (unpaired) electrons. The van der Waals surface area contributed by atoms with Gasteiger partial charge in [0.05, 0.1) is 43.0 Å². The third-order valence-electron chi connectivity index (χ3n) is 9.01. The lowest BCUT2D eigenvalue weighted by Crippen LogP contribution is -2.52. The first-order valence-corrected chi connectivity index (χ1v) is 15.9. The number of hydrogen-bond acceptors (Lipinski definition) is 7. The quantitative estimate of drug-likeness (QED) is 0.380. The second-order valence-electron chi connectivity index (χ2n) is 12.4. The Morgan fingerprint density at radius 3 is 2.67 bits per heavy atom. The van der Waals surface area contributed by atoms with E-state index in [-0.39, 0.29) is 30.1 Å². The molecular weight excluding hydrogens is 528 g/mol. The van der Waals surface area contributed by atoms with Gasteiger partial charge in [-0.25, -0.2) is 4.68 Å². The summed E-state index contributed by atoms with van der Waals surface area (Å²) in [5.74, 6) is 6.50. The monoisotopic (exact) mass is 576 g/mol. The lowest BCUT2D eigenvalue weighted by atomic mass is 9.99. The summed E-state index contributed by atoms with van der Waals surface area (Å²) in [6.07, 6.45) is 8.49. The molecule has 5 rings (SSSR count). The van der Waals surface area contributed by atoms with E-state index < -0.39 is 0 Å². The van der Waals surface area contributed by atoms with E-state index in [4.69, 9.17) is 9.47 Å². The van der Waals surface area contributed by atoms with Crippen molar-refractivity contribution < 1.29 is 14.3 Å². The van der Waals surface area contributed by atoms with E-state index >= 15 is 0 Å². The van der Waals surface area contributed by atoms with Crippen molar-refractivity contribution >= 4 is 5.91 Å². The van der Waals surface area contributed by atoms with Crippen LogP contribution in [0.1, 0.15) is 63.3 Å². The molecule has 4 heterocycles. The van der Waals surface area contributed by atoms with Crippen molar-refractivity contribution in [1.82, 2.24) is 29.7 Å². The molecule has 0 N–H and O–H groups in total. The van der Waals surface area contributed by atoms with E-state index in [1.165, 1.54) is 12.0 Å². The number of hydrogen-bond donors (Lipinski definition) is 0. The van der Waals surface area contributed by atoms with Gasteiger partial charge >= 0.3 is 0 Å². The van der Waals surface area contributed by atoms with E-state index in [2.05, 4.69) is 70.2 Å². The maximum atomic E-state index is 13.3. The van der Waals surface area contributed by atoms with E-state index in [1.54, 1.807) is 0 Å². The van der Waals surface area contributed by atoms with Gasteiger partial charge in [-0.05, 0) is 64.0 Å². The van der Waals surface area contributed by atoms with E-state index in [9.17, 15) is 4.79 Å². The third kappa shape index (κ3) is 8.63. The molecule has 3 aliphatic rings. The molecule has 0 saturated carbocycles. The SMILES string of the molecule is C[C@H](C[C@@H]1CC[C@H]([C@@H](C)C(=O)N2CCN(CC3CCCO3)CC2)O1)n1cc(C#CCN(C)CCc2ccccc2)nn1. The minimum Gasteiger partial charge on any atom is -0.377 e. The zero-order chi connectivity index (χ0) is 29.3. The number of piperazine rings is 1. The second-order valence-corrected chi connectivity index (χ2v) is 12.4. The molecule has 0 aliphatic carbocycles. The fourth-order valence-electron chi connectivity index (χ4n) is 6.30. The second kappa shape index (κ2) is 15.1. The standard InChI is InChI=1S/C33H48N6O3/c1-26(39-24-29(34-35-39)11-7-16-36(3)17-15-28-9-5-4-6-10-28)23-30-13-14-32(42-30)27(2)33(40)38-20-18-37(19-21-38)25-31-12-8-22-41-31/h4-6,9-10,24,26-27,30-32H,8,12-23,25H2,1-3H3/t26-,27-,30+,31?,32-/m1/s1. The molecule has 5 atom stereocenters. The molecule has 1 aromatic heterocycles. The number of nitrogens with zero attached hydrogens (tertiary/aromatic N) is 6. The van der Waals surface area contributed by atoms with Crippen LogP contribution in [0.4, 0.5) is 0 Å². The average Bonchev–Trinajstić information content (AvgIpc) is 3.80. The van der Waals surface area contributed by atoms with Crippen molar-refractivity contribution in [3.8, 4) is 11.8 Å². The first-order chi connectivity index (χ1) is 20.4. The first-order valence-electron chi connectivity index (χ1n) is 15.9. The van der Waals surface area contributed by atoms with E-state index in [0.717, 1.165) is 78.0 Å². The zero-order valence-corrected chi connectivity index (χ0v) is 25.7. The van der Waals surface area contributed by atoms with Crippen molar-refractivity contribution in [2.45, 2.75) is 76.7 Å². The first kappa shape index (κ1) is 30.7. The Hall–Kier alpha value is -2.77. The Balaban J connectivity index is 1.01. The van der Waals surface area contributed by atoms with E-state index in [0.29, 0.717) is 18.3 Å². The summed E-state index contributed by atoms with van der Waals surface area (Å²) in [5, 5.41) is 8.61. The molecule has 9 nitrogen and oxygen atoms in total. The Morgan fingerprint density at radius 2 is 1.90 bits per heavy atom. The number of amides is 1. The molecule has 1 aromatic carbocycles. The van der Waals surface area contributed by atoms with Crippen LogP contribution in [0.15, 0.2) is 36.5 Å². The average molecular weight is 577 g/mol. The molecule has 42 heavy (non-hydrogen) atoms. The summed E-state index contributed by atoms with van der Waals surface area (Å²) in [4.78, 5) is 20.0. The Kier molecular flexibility index (Phi) is 11.0. The summed E-state index contributed by atoms with van der Waals surface area (Å²) in [5.41, 5.74) is 2.03. The highest BCUT2D eigenvalue weighted by molar-refractivity contribution is 5.79. The van der Waals surface area contributed by atoms with Crippen LogP contribution in [-0.4, -0.2) is 113 Å². The van der Waals surface area contributed by atoms with Crippen LogP contribution in [0.25, 0.3) is 0 Å². The van der Waals surface area contributed by atoms with E-state index in [1.807, 2.05) is 28.8 Å². The van der Waals surface area contributed by atoms with Crippen LogP contribution in [-0.2, 0) is 20.7 Å². The molecule has 0 bridgehead atoms. The van der Waals surface area contributed by atoms with Gasteiger partial charge < -0.3 is 14.4 Å². The number of aromatic nitrogens is 3. The number of benzene rings is 1. The molecule has 1 amide bonds. The van der Waals surface area contributed by atoms with Gasteiger partial charge in [0.1, 0.15) is 0 Å². The van der Waals surface area contributed by atoms with Crippen molar-refractivity contribution in [3.05, 3.63) is 47.8 Å². The van der Waals surface area contributed by atoms with Gasteiger partial charge in [0.2, 0.25) is 5.91 Å². The molecule has 9 heteroatoms. The summed E-state index contributed by atoms with van der Waals surface area (Å²) >= 11 is 0. The highest BCUT2D eigenvalue weighted by Gasteiger charge is 2.36. The Bertz CT molecular complexity index is 1180. The molecule has 1 unspecified atom stereocenters. The van der Waals surface area contributed by atoms with Crippen LogP contribution in [0, 0.1) is 17.8 Å². The highest BCUT2D eigenvalue weighted by atomic mass is 16.5. The summed E-state index contributed by atoms with van der Waals surface area (Å²) in [6.45, 7) is 11.2. The number of ether oxygens (including phenoxy) is 2. The van der Waals surface area contributed by atoms with Crippen molar-refractivity contribution in [3.63, 3.8) is 0 Å². The third-order valence-corrected chi connectivity index (χ3v) is 9.01. The summed E-state index contributed by atoms with van der Waals surface area (Å²) < 4.78 is 14.1. The van der Waals surface area contributed by atoms with Gasteiger partial charge in [0.25, 0.3) is 0 Å². The fourth-order valence-corrected chi connectivity index (χ4v) is 6.30. The lowest BCUT2D eigenvalue weighted by molar-refractivity contribution is -0.142. The largest absolute Gasteiger partial charge is 0.377 e. The summed E-state index contributed by atoms with van der Waals surface area (Å²) in [6, 6.07) is 10.7. The zero-order valence-electron chi connectivity index (χ0n) is 25.7. The van der Waals surface area contributed by atoms with Crippen molar-refractivity contribution in [1.29, 1.82) is 0 Å². The maximum absolute atomic E-state index is 13.3.